The highest BCUT2D eigenvalue weighted by Gasteiger charge is 2.43. The van der Waals surface area contributed by atoms with Crippen LogP contribution in [0.5, 0.6) is 0 Å². The minimum atomic E-state index is -4.91. The average Bonchev–Trinajstić information content (AvgIpc) is 3.36. The SMILES string of the molecule is COC(=O)NCC(=O)NC(c1ccc(C(CO)N(CCC(C)(C)C)S(=O)(=O)c2ccc(CO)cc2)s1)C(F)(F)F. The summed E-state index contributed by atoms with van der Waals surface area (Å²) < 4.78 is 74.5. The number of hydrogen-bond acceptors (Lipinski definition) is 8. The lowest BCUT2D eigenvalue weighted by Gasteiger charge is -2.31. The minimum Gasteiger partial charge on any atom is -0.453 e. The van der Waals surface area contributed by atoms with Gasteiger partial charge in [-0.3, -0.25) is 4.79 Å². The number of ether oxygens (including phenoxy) is 1. The monoisotopic (exact) mass is 609 g/mol. The van der Waals surface area contributed by atoms with E-state index in [0.717, 1.165) is 17.5 Å². The van der Waals surface area contributed by atoms with E-state index in [4.69, 9.17) is 0 Å². The fourth-order valence-electron chi connectivity index (χ4n) is 3.57. The second kappa shape index (κ2) is 13.8. The highest BCUT2D eigenvalue weighted by Crippen LogP contribution is 2.40. The lowest BCUT2D eigenvalue weighted by Crippen LogP contribution is -2.43. The predicted molar refractivity (Wildman–Crippen MR) is 142 cm³/mol. The first kappa shape index (κ1) is 33.5. The summed E-state index contributed by atoms with van der Waals surface area (Å²) in [5.41, 5.74) is 0.183. The third-order valence-corrected chi connectivity index (χ3v) is 8.96. The molecule has 0 radical (unpaired) electrons. The molecule has 1 aromatic heterocycles. The van der Waals surface area contributed by atoms with Crippen molar-refractivity contribution in [2.75, 3.05) is 26.8 Å². The summed E-state index contributed by atoms with van der Waals surface area (Å²) in [7, 11) is -3.20. The molecule has 1 aromatic carbocycles. The van der Waals surface area contributed by atoms with Gasteiger partial charge in [0.25, 0.3) is 0 Å². The van der Waals surface area contributed by atoms with Gasteiger partial charge < -0.3 is 25.6 Å². The molecule has 0 spiro atoms. The largest absolute Gasteiger partial charge is 0.453 e. The van der Waals surface area contributed by atoms with Gasteiger partial charge in [-0.05, 0) is 41.7 Å². The number of thiophene rings is 1. The smallest absolute Gasteiger partial charge is 0.413 e. The number of methoxy groups -OCH3 is 1. The van der Waals surface area contributed by atoms with Gasteiger partial charge >= 0.3 is 12.3 Å². The molecule has 2 aromatic rings. The van der Waals surface area contributed by atoms with Gasteiger partial charge in [-0.2, -0.15) is 17.5 Å². The Morgan fingerprint density at radius 3 is 2.15 bits per heavy atom. The summed E-state index contributed by atoms with van der Waals surface area (Å²) in [6.07, 6.45) is -5.53. The van der Waals surface area contributed by atoms with E-state index in [9.17, 15) is 41.4 Å². The molecule has 2 amide bonds. The number of hydrogen-bond donors (Lipinski definition) is 4. The molecule has 0 fully saturated rings. The Morgan fingerprint density at radius 1 is 1.05 bits per heavy atom. The number of alkyl carbamates (subject to hydrolysis) is 1. The normalized spacial score (nSPS) is 14.1. The summed E-state index contributed by atoms with van der Waals surface area (Å²) in [6, 6.07) is 4.26. The minimum absolute atomic E-state index is 0.0370. The Balaban J connectivity index is 2.45. The Bertz CT molecular complexity index is 1240. The molecule has 0 aliphatic carbocycles. The molecule has 40 heavy (non-hydrogen) atoms. The van der Waals surface area contributed by atoms with Gasteiger partial charge in [-0.1, -0.05) is 32.9 Å². The van der Waals surface area contributed by atoms with E-state index in [2.05, 4.69) is 4.74 Å². The zero-order chi connectivity index (χ0) is 30.3. The van der Waals surface area contributed by atoms with Gasteiger partial charge in [-0.15, -0.1) is 11.3 Å². The van der Waals surface area contributed by atoms with Crippen LogP contribution in [0.4, 0.5) is 18.0 Å². The van der Waals surface area contributed by atoms with E-state index in [1.165, 1.54) is 30.3 Å². The first-order valence-corrected chi connectivity index (χ1v) is 14.4. The Hall–Kier alpha value is -2.72. The van der Waals surface area contributed by atoms with Crippen LogP contribution in [-0.4, -0.2) is 67.9 Å². The molecule has 1 heterocycles. The van der Waals surface area contributed by atoms with Crippen LogP contribution in [0.3, 0.4) is 0 Å². The lowest BCUT2D eigenvalue weighted by atomic mass is 9.92. The third kappa shape index (κ3) is 9.16. The second-order valence-corrected chi connectivity index (χ2v) is 13.1. The second-order valence-electron chi connectivity index (χ2n) is 10.1. The molecule has 10 nitrogen and oxygen atoms in total. The molecule has 224 valence electrons. The van der Waals surface area contributed by atoms with E-state index in [1.807, 2.05) is 31.4 Å². The van der Waals surface area contributed by atoms with Gasteiger partial charge in [0.1, 0.15) is 6.54 Å². The topological polar surface area (TPSA) is 145 Å². The van der Waals surface area contributed by atoms with Crippen molar-refractivity contribution in [2.45, 2.75) is 57.0 Å². The molecule has 0 bridgehead atoms. The van der Waals surface area contributed by atoms with Crippen molar-refractivity contribution in [1.29, 1.82) is 0 Å². The highest BCUT2D eigenvalue weighted by atomic mass is 32.2. The summed E-state index contributed by atoms with van der Waals surface area (Å²) in [5.74, 6) is -1.12. The van der Waals surface area contributed by atoms with Crippen LogP contribution in [0.15, 0.2) is 41.3 Å². The number of sulfonamides is 1. The molecule has 0 saturated carbocycles. The van der Waals surface area contributed by atoms with Crippen molar-refractivity contribution < 1.29 is 46.1 Å². The standard InChI is InChI=1S/C25H34F3N3O7S2/c1-24(2,3)11-12-31(40(36,37)17-7-5-16(14-32)6-8-17)18(15-33)19-9-10-20(39-19)22(25(26,27)28)30-21(34)13-29-23(35)38-4/h5-10,18,22,32-33H,11-15H2,1-4H3,(H,29,35)(H,30,34). The zero-order valence-corrected chi connectivity index (χ0v) is 24.1. The van der Waals surface area contributed by atoms with Crippen LogP contribution in [-0.2, 0) is 26.2 Å². The van der Waals surface area contributed by atoms with Gasteiger partial charge in [0.2, 0.25) is 15.9 Å². The first-order valence-electron chi connectivity index (χ1n) is 12.1. The number of carbonyl (C=O) groups excluding carboxylic acids is 2. The van der Waals surface area contributed by atoms with Crippen LogP contribution < -0.4 is 10.6 Å². The number of aliphatic hydroxyl groups excluding tert-OH is 2. The van der Waals surface area contributed by atoms with Gasteiger partial charge in [-0.25, -0.2) is 13.2 Å². The molecule has 2 unspecified atom stereocenters. The number of rotatable bonds is 12. The fraction of sp³-hybridized carbons (Fsp3) is 0.520. The maximum absolute atomic E-state index is 13.9. The van der Waals surface area contributed by atoms with Crippen LogP contribution in [0.1, 0.15) is 54.6 Å². The number of aliphatic hydroxyl groups is 2. The molecular weight excluding hydrogens is 575 g/mol. The molecule has 2 atom stereocenters. The molecule has 4 N–H and O–H groups in total. The Labute approximate surface area is 235 Å². The van der Waals surface area contributed by atoms with E-state index < -0.39 is 53.4 Å². The highest BCUT2D eigenvalue weighted by molar-refractivity contribution is 7.89. The molecule has 15 heteroatoms. The molecule has 0 saturated heterocycles. The van der Waals surface area contributed by atoms with E-state index in [0.29, 0.717) is 23.3 Å². The van der Waals surface area contributed by atoms with E-state index in [1.54, 1.807) is 0 Å². The summed E-state index contributed by atoms with van der Waals surface area (Å²) in [4.78, 5) is 22.9. The van der Waals surface area contributed by atoms with Crippen molar-refractivity contribution in [3.05, 3.63) is 51.7 Å². The number of alkyl halides is 3. The number of halogens is 3. The van der Waals surface area contributed by atoms with Crippen LogP contribution in [0.25, 0.3) is 0 Å². The van der Waals surface area contributed by atoms with Crippen LogP contribution in [0.2, 0.25) is 0 Å². The molecule has 2 rings (SSSR count). The van der Waals surface area contributed by atoms with E-state index >= 15 is 0 Å². The fourth-order valence-corrected chi connectivity index (χ4v) is 6.42. The van der Waals surface area contributed by atoms with E-state index in [-0.39, 0.29) is 33.2 Å². The van der Waals surface area contributed by atoms with Crippen LogP contribution >= 0.6 is 11.3 Å². The number of benzene rings is 1. The van der Waals surface area contributed by atoms with Crippen molar-refractivity contribution in [3.63, 3.8) is 0 Å². The van der Waals surface area contributed by atoms with Gasteiger partial charge in [0.15, 0.2) is 6.04 Å². The number of amides is 2. The van der Waals surface area contributed by atoms with Crippen molar-refractivity contribution in [3.8, 4) is 0 Å². The van der Waals surface area contributed by atoms with Crippen LogP contribution in [0, 0.1) is 5.41 Å². The zero-order valence-electron chi connectivity index (χ0n) is 22.5. The van der Waals surface area contributed by atoms with Crippen molar-refractivity contribution in [1.82, 2.24) is 14.9 Å². The molecule has 0 aliphatic rings. The summed E-state index contributed by atoms with van der Waals surface area (Å²) in [5, 5.41) is 23.4. The third-order valence-electron chi connectivity index (χ3n) is 5.79. The molecule has 0 aliphatic heterocycles. The van der Waals surface area contributed by atoms with Gasteiger partial charge in [0, 0.05) is 16.3 Å². The van der Waals surface area contributed by atoms with Crippen molar-refractivity contribution in [2.24, 2.45) is 5.41 Å². The Morgan fingerprint density at radius 2 is 1.65 bits per heavy atom. The average molecular weight is 610 g/mol. The van der Waals surface area contributed by atoms with Crippen molar-refractivity contribution >= 4 is 33.4 Å². The molecular formula is C25H34F3N3O7S2. The number of carbonyl (C=O) groups is 2. The number of nitrogens with zero attached hydrogens (tertiary/aromatic N) is 1. The summed E-state index contributed by atoms with van der Waals surface area (Å²) >= 11 is 0.605. The maximum atomic E-state index is 13.9. The lowest BCUT2D eigenvalue weighted by molar-refractivity contribution is -0.162. The predicted octanol–water partition coefficient (Wildman–Crippen LogP) is 3.48. The maximum Gasteiger partial charge on any atom is 0.413 e. The van der Waals surface area contributed by atoms with Gasteiger partial charge in [0.05, 0.1) is 31.3 Å². The first-order chi connectivity index (χ1) is 18.5. The summed E-state index contributed by atoms with van der Waals surface area (Å²) in [6.45, 7) is 3.89. The number of nitrogens with one attached hydrogen (secondary N) is 2. The quantitative estimate of drug-likeness (QED) is 0.288. The Kier molecular flexibility index (Phi) is 11.5.